The van der Waals surface area contributed by atoms with E-state index in [1.807, 2.05) is 13.8 Å². The minimum atomic E-state index is -3.61. The first-order valence-corrected chi connectivity index (χ1v) is 10.5. The molecule has 6 nitrogen and oxygen atoms in total. The van der Waals surface area contributed by atoms with Crippen molar-refractivity contribution in [3.05, 3.63) is 39.4 Å². The van der Waals surface area contributed by atoms with E-state index in [1.54, 1.807) is 0 Å². The zero-order valence-corrected chi connectivity index (χ0v) is 16.3. The summed E-state index contributed by atoms with van der Waals surface area (Å²) in [6, 6.07) is 4.21. The molecule has 1 aromatic carbocycles. The van der Waals surface area contributed by atoms with E-state index in [-0.39, 0.29) is 15.5 Å². The van der Waals surface area contributed by atoms with Crippen molar-refractivity contribution in [2.45, 2.75) is 31.6 Å². The van der Waals surface area contributed by atoms with Crippen LogP contribution in [-0.2, 0) is 10.0 Å². The molecular weight excluding hydrogens is 382 g/mol. The lowest BCUT2D eigenvalue weighted by atomic mass is 10.2. The Hall–Kier alpha value is -1.48. The number of hydrogen-bond acceptors (Lipinski definition) is 5. The van der Waals surface area contributed by atoms with Gasteiger partial charge in [0.25, 0.3) is 5.91 Å². The molecule has 0 unspecified atom stereocenters. The number of aryl methyl sites for hydroxylation is 2. The van der Waals surface area contributed by atoms with Crippen molar-refractivity contribution in [2.75, 3.05) is 18.4 Å². The second-order valence-electron chi connectivity index (χ2n) is 5.87. The SMILES string of the molecule is Cc1nc(NC(=O)c2cc(S(=O)(=O)N3CCCC3)ccc2Cl)sc1C. The quantitative estimate of drug-likeness (QED) is 0.853. The second kappa shape index (κ2) is 7.03. The Morgan fingerprint density at radius 2 is 1.96 bits per heavy atom. The van der Waals surface area contributed by atoms with Crippen molar-refractivity contribution < 1.29 is 13.2 Å². The fourth-order valence-corrected chi connectivity index (χ4v) is 5.16. The summed E-state index contributed by atoms with van der Waals surface area (Å²) in [6.07, 6.45) is 1.70. The van der Waals surface area contributed by atoms with Crippen LogP contribution in [0.1, 0.15) is 33.8 Å². The Balaban J connectivity index is 1.89. The summed E-state index contributed by atoms with van der Waals surface area (Å²) in [5.74, 6) is -0.475. The van der Waals surface area contributed by atoms with Gasteiger partial charge < -0.3 is 0 Å². The molecule has 25 heavy (non-hydrogen) atoms. The third kappa shape index (κ3) is 3.72. The lowest BCUT2D eigenvalue weighted by molar-refractivity contribution is 0.102. The van der Waals surface area contributed by atoms with Gasteiger partial charge in [-0.15, -0.1) is 11.3 Å². The topological polar surface area (TPSA) is 79.4 Å². The minimum Gasteiger partial charge on any atom is -0.298 e. The molecule has 1 aliphatic heterocycles. The maximum atomic E-state index is 12.7. The number of thiazole rings is 1. The average molecular weight is 400 g/mol. The van der Waals surface area contributed by atoms with Gasteiger partial charge in [-0.2, -0.15) is 4.31 Å². The van der Waals surface area contributed by atoms with Gasteiger partial charge in [0, 0.05) is 18.0 Å². The molecule has 1 aliphatic rings. The fourth-order valence-electron chi connectivity index (χ4n) is 2.61. The first kappa shape index (κ1) is 18.3. The summed E-state index contributed by atoms with van der Waals surface area (Å²) < 4.78 is 26.8. The normalized spacial score (nSPS) is 15.5. The van der Waals surface area contributed by atoms with E-state index in [9.17, 15) is 13.2 Å². The van der Waals surface area contributed by atoms with Crippen molar-refractivity contribution in [3.8, 4) is 0 Å². The Bertz CT molecular complexity index is 899. The van der Waals surface area contributed by atoms with Crippen LogP contribution in [0.4, 0.5) is 5.13 Å². The van der Waals surface area contributed by atoms with Crippen molar-refractivity contribution >= 4 is 44.0 Å². The number of halogens is 1. The number of nitrogens with zero attached hydrogens (tertiary/aromatic N) is 2. The van der Waals surface area contributed by atoms with Crippen LogP contribution in [0.3, 0.4) is 0 Å². The fraction of sp³-hybridized carbons (Fsp3) is 0.375. The van der Waals surface area contributed by atoms with Gasteiger partial charge in [-0.1, -0.05) is 11.6 Å². The van der Waals surface area contributed by atoms with Crippen LogP contribution >= 0.6 is 22.9 Å². The highest BCUT2D eigenvalue weighted by Gasteiger charge is 2.28. The van der Waals surface area contributed by atoms with E-state index in [2.05, 4.69) is 10.3 Å². The third-order valence-electron chi connectivity index (χ3n) is 4.13. The molecule has 1 saturated heterocycles. The molecule has 3 rings (SSSR count). The Morgan fingerprint density at radius 1 is 1.28 bits per heavy atom. The summed E-state index contributed by atoms with van der Waals surface area (Å²) in [4.78, 5) is 17.9. The molecule has 0 aliphatic carbocycles. The van der Waals surface area contributed by atoms with Gasteiger partial charge in [-0.05, 0) is 44.9 Å². The molecule has 1 amide bonds. The van der Waals surface area contributed by atoms with Crippen LogP contribution in [0.2, 0.25) is 5.02 Å². The first-order valence-electron chi connectivity index (χ1n) is 7.84. The third-order valence-corrected chi connectivity index (χ3v) is 7.35. The lowest BCUT2D eigenvalue weighted by Crippen LogP contribution is -2.28. The van der Waals surface area contributed by atoms with E-state index in [1.165, 1.54) is 33.8 Å². The summed E-state index contributed by atoms with van der Waals surface area (Å²) in [5, 5.41) is 3.34. The number of carbonyl (C=O) groups excluding carboxylic acids is 1. The van der Waals surface area contributed by atoms with E-state index < -0.39 is 15.9 Å². The predicted octanol–water partition coefficient (Wildman–Crippen LogP) is 3.45. The number of benzene rings is 1. The summed E-state index contributed by atoms with van der Waals surface area (Å²) >= 11 is 7.48. The maximum absolute atomic E-state index is 12.7. The molecule has 1 aromatic heterocycles. The number of carbonyl (C=O) groups is 1. The molecule has 0 spiro atoms. The first-order chi connectivity index (χ1) is 11.8. The Labute approximate surface area is 155 Å². The van der Waals surface area contributed by atoms with Gasteiger partial charge >= 0.3 is 0 Å². The van der Waals surface area contributed by atoms with Crippen LogP contribution in [0, 0.1) is 13.8 Å². The molecule has 134 valence electrons. The largest absolute Gasteiger partial charge is 0.298 e. The van der Waals surface area contributed by atoms with Crippen LogP contribution in [0.5, 0.6) is 0 Å². The highest BCUT2D eigenvalue weighted by atomic mass is 35.5. The van der Waals surface area contributed by atoms with E-state index in [0.717, 1.165) is 23.4 Å². The molecule has 1 N–H and O–H groups in total. The van der Waals surface area contributed by atoms with Crippen molar-refractivity contribution in [2.24, 2.45) is 0 Å². The lowest BCUT2D eigenvalue weighted by Gasteiger charge is -2.16. The van der Waals surface area contributed by atoms with Gasteiger partial charge in [-0.25, -0.2) is 13.4 Å². The van der Waals surface area contributed by atoms with Crippen LogP contribution < -0.4 is 5.32 Å². The molecule has 0 saturated carbocycles. The molecule has 0 radical (unpaired) electrons. The molecule has 1 fully saturated rings. The smallest absolute Gasteiger partial charge is 0.259 e. The molecular formula is C16H18ClN3O3S2. The Kier molecular flexibility index (Phi) is 5.15. The Morgan fingerprint density at radius 3 is 2.56 bits per heavy atom. The van der Waals surface area contributed by atoms with Gasteiger partial charge in [0.1, 0.15) is 0 Å². The predicted molar refractivity (Wildman–Crippen MR) is 99.0 cm³/mol. The zero-order chi connectivity index (χ0) is 18.2. The highest BCUT2D eigenvalue weighted by Crippen LogP contribution is 2.27. The number of rotatable bonds is 4. The van der Waals surface area contributed by atoms with Crippen LogP contribution in [-0.4, -0.2) is 36.7 Å². The van der Waals surface area contributed by atoms with Gasteiger partial charge in [-0.3, -0.25) is 10.1 Å². The summed E-state index contributed by atoms with van der Waals surface area (Å²) in [5.41, 5.74) is 0.962. The van der Waals surface area contributed by atoms with Crippen LogP contribution in [0.25, 0.3) is 0 Å². The molecule has 9 heteroatoms. The zero-order valence-electron chi connectivity index (χ0n) is 13.9. The van der Waals surface area contributed by atoms with Gasteiger partial charge in [0.15, 0.2) is 5.13 Å². The number of aromatic nitrogens is 1. The second-order valence-corrected chi connectivity index (χ2v) is 9.42. The molecule has 2 heterocycles. The summed E-state index contributed by atoms with van der Waals surface area (Å²) in [6.45, 7) is 4.78. The van der Waals surface area contributed by atoms with Gasteiger partial charge in [0.05, 0.1) is 21.2 Å². The van der Waals surface area contributed by atoms with E-state index >= 15 is 0 Å². The molecule has 0 atom stereocenters. The molecule has 0 bridgehead atoms. The summed E-state index contributed by atoms with van der Waals surface area (Å²) in [7, 11) is -3.61. The number of hydrogen-bond donors (Lipinski definition) is 1. The maximum Gasteiger partial charge on any atom is 0.259 e. The minimum absolute atomic E-state index is 0.0791. The standard InChI is InChI=1S/C16H18ClN3O3S2/c1-10-11(2)24-16(18-10)19-15(21)13-9-12(5-6-14(13)17)25(22,23)20-7-3-4-8-20/h5-6,9H,3-4,7-8H2,1-2H3,(H,18,19,21). The van der Waals surface area contributed by atoms with Crippen molar-refractivity contribution in [1.82, 2.24) is 9.29 Å². The molecule has 2 aromatic rings. The highest BCUT2D eigenvalue weighted by molar-refractivity contribution is 7.89. The number of amides is 1. The monoisotopic (exact) mass is 399 g/mol. The van der Waals surface area contributed by atoms with E-state index in [0.29, 0.717) is 18.2 Å². The number of nitrogens with one attached hydrogen (secondary N) is 1. The van der Waals surface area contributed by atoms with Gasteiger partial charge in [0.2, 0.25) is 10.0 Å². The van der Waals surface area contributed by atoms with Crippen molar-refractivity contribution in [1.29, 1.82) is 0 Å². The number of anilines is 1. The average Bonchev–Trinajstić information content (AvgIpc) is 3.18. The van der Waals surface area contributed by atoms with Crippen molar-refractivity contribution in [3.63, 3.8) is 0 Å². The van der Waals surface area contributed by atoms with E-state index in [4.69, 9.17) is 11.6 Å². The number of sulfonamides is 1. The van der Waals surface area contributed by atoms with Crippen LogP contribution in [0.15, 0.2) is 23.1 Å².